The third kappa shape index (κ3) is 3.56. The van der Waals surface area contributed by atoms with Gasteiger partial charge in [0.05, 0.1) is 5.57 Å². The fourth-order valence-corrected chi connectivity index (χ4v) is 5.08. The lowest BCUT2D eigenvalue weighted by Gasteiger charge is -2.20. The lowest BCUT2D eigenvalue weighted by atomic mass is 10.1. The number of hydrogen-bond acceptors (Lipinski definition) is 5. The number of thioether (sulfide) groups is 2. The first-order valence-electron chi connectivity index (χ1n) is 8.97. The van der Waals surface area contributed by atoms with Crippen molar-refractivity contribution in [2.75, 3.05) is 5.75 Å². The Morgan fingerprint density at radius 1 is 1.31 bits per heavy atom. The van der Waals surface area contributed by atoms with Crippen molar-refractivity contribution in [3.05, 3.63) is 58.7 Å². The van der Waals surface area contributed by atoms with E-state index in [1.54, 1.807) is 23.9 Å². The summed E-state index contributed by atoms with van der Waals surface area (Å²) in [6.07, 6.45) is 1.66. The van der Waals surface area contributed by atoms with Crippen LogP contribution >= 0.6 is 23.5 Å². The lowest BCUT2D eigenvalue weighted by Crippen LogP contribution is -2.35. The third-order valence-corrected chi connectivity index (χ3v) is 6.46. The zero-order chi connectivity index (χ0) is 20.7. The fraction of sp³-hybridized carbons (Fsp3) is 0.200. The Morgan fingerprint density at radius 2 is 2.10 bits per heavy atom. The van der Waals surface area contributed by atoms with Gasteiger partial charge in [-0.15, -0.1) is 5.10 Å². The topological polar surface area (TPSA) is 73.8 Å². The van der Waals surface area contributed by atoms with Gasteiger partial charge in [0, 0.05) is 17.1 Å². The number of nitrogens with one attached hydrogen (secondary N) is 1. The summed E-state index contributed by atoms with van der Waals surface area (Å²) >= 11 is 2.85. The molecule has 1 aromatic heterocycles. The zero-order valence-electron chi connectivity index (χ0n) is 16.1. The molecule has 0 spiro atoms. The number of aliphatic imine (C=N–C) groups is 1. The van der Waals surface area contributed by atoms with Crippen LogP contribution in [0, 0.1) is 25.1 Å². The highest BCUT2D eigenvalue weighted by Gasteiger charge is 2.35. The first-order chi connectivity index (χ1) is 13.9. The quantitative estimate of drug-likeness (QED) is 0.729. The molecule has 2 aliphatic heterocycles. The van der Waals surface area contributed by atoms with Crippen LogP contribution in [0.4, 0.5) is 4.39 Å². The maximum Gasteiger partial charge on any atom is 0.283 e. The van der Waals surface area contributed by atoms with Gasteiger partial charge in [0.25, 0.3) is 5.91 Å². The number of nitrogens with zero attached hydrogens (tertiary/aromatic N) is 4. The number of hydrazone groups is 1. The van der Waals surface area contributed by atoms with Gasteiger partial charge in [-0.3, -0.25) is 10.2 Å². The van der Waals surface area contributed by atoms with E-state index in [1.165, 1.54) is 28.9 Å². The Morgan fingerprint density at radius 3 is 2.83 bits per heavy atom. The highest BCUT2D eigenvalue weighted by Crippen LogP contribution is 2.33. The largest absolute Gasteiger partial charge is 0.318 e. The van der Waals surface area contributed by atoms with Crippen molar-refractivity contribution < 1.29 is 9.18 Å². The number of aryl methyl sites for hydroxylation is 1. The van der Waals surface area contributed by atoms with Crippen molar-refractivity contribution in [3.63, 3.8) is 0 Å². The molecule has 6 nitrogen and oxygen atoms in total. The zero-order valence-corrected chi connectivity index (χ0v) is 17.7. The molecular formula is C20H18FN5OS2. The third-order valence-electron chi connectivity index (χ3n) is 4.54. The van der Waals surface area contributed by atoms with E-state index < -0.39 is 5.91 Å². The summed E-state index contributed by atoms with van der Waals surface area (Å²) in [7, 11) is 0. The minimum atomic E-state index is -0.456. The van der Waals surface area contributed by atoms with Crippen LogP contribution in [0.3, 0.4) is 0 Å². The molecule has 0 unspecified atom stereocenters. The van der Waals surface area contributed by atoms with Crippen molar-refractivity contribution in [2.45, 2.75) is 20.8 Å². The van der Waals surface area contributed by atoms with Crippen molar-refractivity contribution in [2.24, 2.45) is 10.1 Å². The molecule has 4 rings (SSSR count). The Hall–Kier alpha value is -2.65. The summed E-state index contributed by atoms with van der Waals surface area (Å²) in [5, 5.41) is 14.7. The van der Waals surface area contributed by atoms with Crippen molar-refractivity contribution in [3.8, 4) is 5.69 Å². The molecule has 0 saturated carbocycles. The number of aromatic nitrogens is 1. The summed E-state index contributed by atoms with van der Waals surface area (Å²) in [6.45, 7) is 5.83. The van der Waals surface area contributed by atoms with E-state index in [4.69, 9.17) is 5.41 Å². The second-order valence-corrected chi connectivity index (χ2v) is 8.93. The monoisotopic (exact) mass is 427 g/mol. The van der Waals surface area contributed by atoms with E-state index in [9.17, 15) is 9.18 Å². The number of hydrogen-bond donors (Lipinski definition) is 1. The molecular weight excluding hydrogens is 409 g/mol. The van der Waals surface area contributed by atoms with Gasteiger partial charge in [-0.2, -0.15) is 10.0 Å². The van der Waals surface area contributed by atoms with Crippen LogP contribution in [0.25, 0.3) is 11.8 Å². The standard InChI is InChI=1S/C20H18FN5OS2/c1-4-28-20-24-26-17(22)16(18(27)23-19(26)29-20)9-13-8-11(2)25(12(13)3)15-7-5-6-14(21)10-15/h5-10,22H,4H2,1-3H3/b16-9-,22-17?. The molecule has 9 heteroatoms. The first kappa shape index (κ1) is 19.7. The van der Waals surface area contributed by atoms with Crippen LogP contribution in [-0.4, -0.2) is 36.6 Å². The molecule has 0 aliphatic carbocycles. The van der Waals surface area contributed by atoms with E-state index >= 15 is 0 Å². The van der Waals surface area contributed by atoms with E-state index in [0.717, 1.165) is 27.1 Å². The van der Waals surface area contributed by atoms with Crippen molar-refractivity contribution in [1.29, 1.82) is 5.41 Å². The summed E-state index contributed by atoms with van der Waals surface area (Å²) in [6, 6.07) is 8.26. The van der Waals surface area contributed by atoms with Gasteiger partial charge in [-0.25, -0.2) is 4.39 Å². The van der Waals surface area contributed by atoms with E-state index in [0.29, 0.717) is 10.9 Å². The average Bonchev–Trinajstić information content (AvgIpc) is 3.19. The van der Waals surface area contributed by atoms with E-state index in [-0.39, 0.29) is 17.2 Å². The van der Waals surface area contributed by atoms with Gasteiger partial charge in [0.2, 0.25) is 5.17 Å². The molecule has 1 amide bonds. The van der Waals surface area contributed by atoms with Gasteiger partial charge in [0.15, 0.2) is 10.2 Å². The number of benzene rings is 1. The Labute approximate surface area is 176 Å². The number of amidine groups is 2. The molecule has 0 bridgehead atoms. The van der Waals surface area contributed by atoms with Gasteiger partial charge in [0.1, 0.15) is 5.82 Å². The number of carbonyl (C=O) groups is 1. The molecule has 3 heterocycles. The Kier molecular flexibility index (Phi) is 5.18. The predicted molar refractivity (Wildman–Crippen MR) is 118 cm³/mol. The maximum absolute atomic E-state index is 13.7. The molecule has 1 aromatic carbocycles. The molecule has 2 aromatic rings. The Bertz CT molecular complexity index is 1130. The SMILES string of the molecule is CCSC1=NN2C(=N)/C(=C/c3cc(C)n(-c4cccc(F)c4)c3C)C(=O)N=C2S1. The number of fused-ring (bicyclic) bond motifs is 1. The minimum absolute atomic E-state index is 0.00904. The number of halogens is 1. The van der Waals surface area contributed by atoms with Crippen LogP contribution < -0.4 is 0 Å². The van der Waals surface area contributed by atoms with E-state index in [1.807, 2.05) is 37.5 Å². The van der Waals surface area contributed by atoms with Gasteiger partial charge >= 0.3 is 0 Å². The summed E-state index contributed by atoms with van der Waals surface area (Å²) in [4.78, 5) is 16.7. The molecule has 0 fully saturated rings. The van der Waals surface area contributed by atoms with Gasteiger partial charge in [-0.05, 0) is 67.3 Å². The van der Waals surface area contributed by atoms with Crippen LogP contribution in [0.1, 0.15) is 23.9 Å². The molecule has 2 aliphatic rings. The molecule has 0 radical (unpaired) electrons. The van der Waals surface area contributed by atoms with Gasteiger partial charge in [-0.1, -0.05) is 24.8 Å². The van der Waals surface area contributed by atoms with Crippen LogP contribution in [-0.2, 0) is 4.79 Å². The van der Waals surface area contributed by atoms with Crippen LogP contribution in [0.15, 0.2) is 46.0 Å². The first-order valence-corrected chi connectivity index (χ1v) is 10.8. The molecule has 29 heavy (non-hydrogen) atoms. The molecule has 0 saturated heterocycles. The molecule has 1 N–H and O–H groups in total. The highest BCUT2D eigenvalue weighted by atomic mass is 32.2. The highest BCUT2D eigenvalue weighted by molar-refractivity contribution is 8.45. The maximum atomic E-state index is 13.7. The molecule has 148 valence electrons. The van der Waals surface area contributed by atoms with E-state index in [2.05, 4.69) is 10.1 Å². The average molecular weight is 428 g/mol. The van der Waals surface area contributed by atoms with Crippen molar-refractivity contribution >= 4 is 50.9 Å². The predicted octanol–water partition coefficient (Wildman–Crippen LogP) is 4.56. The van der Waals surface area contributed by atoms with Crippen molar-refractivity contribution in [1.82, 2.24) is 9.58 Å². The Balaban J connectivity index is 1.73. The normalized spacial score (nSPS) is 17.7. The summed E-state index contributed by atoms with van der Waals surface area (Å²) < 4.78 is 16.4. The number of rotatable bonds is 3. The second kappa shape index (κ2) is 7.64. The number of amides is 1. The lowest BCUT2D eigenvalue weighted by molar-refractivity contribution is -0.114. The smallest absolute Gasteiger partial charge is 0.283 e. The van der Waals surface area contributed by atoms with Crippen LogP contribution in [0.5, 0.6) is 0 Å². The van der Waals surface area contributed by atoms with Crippen LogP contribution in [0.2, 0.25) is 0 Å². The minimum Gasteiger partial charge on any atom is -0.318 e. The summed E-state index contributed by atoms with van der Waals surface area (Å²) in [5.74, 6) is 0.0892. The van der Waals surface area contributed by atoms with Gasteiger partial charge < -0.3 is 4.57 Å². The number of carbonyl (C=O) groups excluding carboxylic acids is 1. The molecule has 0 atom stereocenters. The summed E-state index contributed by atoms with van der Waals surface area (Å²) in [5.41, 5.74) is 3.41. The fourth-order valence-electron chi connectivity index (χ4n) is 3.26. The second-order valence-electron chi connectivity index (χ2n) is 6.46.